The zero-order valence-corrected chi connectivity index (χ0v) is 14.6. The summed E-state index contributed by atoms with van der Waals surface area (Å²) in [6.45, 7) is 6.98. The van der Waals surface area contributed by atoms with Gasteiger partial charge in [0.15, 0.2) is 0 Å². The fourth-order valence-electron chi connectivity index (χ4n) is 2.94. The summed E-state index contributed by atoms with van der Waals surface area (Å²) in [6.07, 6.45) is 5.18. The maximum absolute atomic E-state index is 12.1. The molecular formula is C18H26N2O4. The Hall–Kier alpha value is -1.82. The van der Waals surface area contributed by atoms with E-state index < -0.39 is 5.60 Å². The molecular weight excluding hydrogens is 308 g/mol. The van der Waals surface area contributed by atoms with Crippen molar-refractivity contribution in [2.75, 3.05) is 19.8 Å². The third kappa shape index (κ3) is 3.98. The first-order valence-corrected chi connectivity index (χ1v) is 8.55. The van der Waals surface area contributed by atoms with Crippen LogP contribution in [0.5, 0.6) is 5.75 Å². The third-order valence-corrected chi connectivity index (χ3v) is 4.53. The summed E-state index contributed by atoms with van der Waals surface area (Å²) in [5.74, 6) is 1.47. The van der Waals surface area contributed by atoms with Gasteiger partial charge in [-0.05, 0) is 57.1 Å². The molecule has 1 aromatic rings. The Kier molecular flexibility index (Phi) is 4.67. The molecule has 6 nitrogen and oxygen atoms in total. The van der Waals surface area contributed by atoms with E-state index in [1.165, 1.54) is 0 Å². The summed E-state index contributed by atoms with van der Waals surface area (Å²) < 4.78 is 11.2. The van der Waals surface area contributed by atoms with Crippen LogP contribution in [-0.4, -0.2) is 52.5 Å². The highest BCUT2D eigenvalue weighted by Crippen LogP contribution is 2.47. The van der Waals surface area contributed by atoms with Crippen molar-refractivity contribution < 1.29 is 19.4 Å². The predicted octanol–water partition coefficient (Wildman–Crippen LogP) is 2.57. The van der Waals surface area contributed by atoms with Gasteiger partial charge in [0.05, 0.1) is 12.2 Å². The van der Waals surface area contributed by atoms with Gasteiger partial charge in [0.1, 0.15) is 18.0 Å². The zero-order valence-electron chi connectivity index (χ0n) is 14.6. The monoisotopic (exact) mass is 334 g/mol. The second kappa shape index (κ2) is 6.59. The van der Waals surface area contributed by atoms with Gasteiger partial charge in [0.2, 0.25) is 0 Å². The second-order valence-corrected chi connectivity index (χ2v) is 7.67. The molecule has 6 heteroatoms. The molecule has 0 spiro atoms. The van der Waals surface area contributed by atoms with E-state index >= 15 is 0 Å². The average molecular weight is 334 g/mol. The minimum absolute atomic E-state index is 0.0506. The molecule has 24 heavy (non-hydrogen) atoms. The van der Waals surface area contributed by atoms with Gasteiger partial charge in [-0.15, -0.1) is 0 Å². The summed E-state index contributed by atoms with van der Waals surface area (Å²) in [6, 6.07) is 2.04. The van der Waals surface area contributed by atoms with Crippen molar-refractivity contribution in [1.82, 2.24) is 9.88 Å². The van der Waals surface area contributed by atoms with Gasteiger partial charge in [-0.25, -0.2) is 4.79 Å². The number of aromatic nitrogens is 1. The van der Waals surface area contributed by atoms with Crippen molar-refractivity contribution in [1.29, 1.82) is 0 Å². The minimum atomic E-state index is -0.482. The number of hydrogen-bond acceptors (Lipinski definition) is 5. The van der Waals surface area contributed by atoms with Crippen molar-refractivity contribution in [2.24, 2.45) is 5.92 Å². The van der Waals surface area contributed by atoms with Gasteiger partial charge < -0.3 is 19.5 Å². The Morgan fingerprint density at radius 2 is 2.21 bits per heavy atom. The van der Waals surface area contributed by atoms with Gasteiger partial charge in [-0.2, -0.15) is 0 Å². The van der Waals surface area contributed by atoms with Crippen LogP contribution in [0.2, 0.25) is 0 Å². The Labute approximate surface area is 142 Å². The number of ether oxygens (including phenoxy) is 2. The topological polar surface area (TPSA) is 71.9 Å². The van der Waals surface area contributed by atoms with E-state index in [4.69, 9.17) is 9.47 Å². The van der Waals surface area contributed by atoms with Crippen molar-refractivity contribution in [2.45, 2.75) is 51.2 Å². The Morgan fingerprint density at radius 3 is 2.79 bits per heavy atom. The summed E-state index contributed by atoms with van der Waals surface area (Å²) in [5, 5.41) is 9.18. The smallest absolute Gasteiger partial charge is 0.410 e. The van der Waals surface area contributed by atoms with Gasteiger partial charge >= 0.3 is 6.09 Å². The number of aliphatic hydroxyl groups excluding tert-OH is 1. The fourth-order valence-corrected chi connectivity index (χ4v) is 2.94. The lowest BCUT2D eigenvalue weighted by Crippen LogP contribution is -2.55. The summed E-state index contributed by atoms with van der Waals surface area (Å²) in [7, 11) is 0. The molecule has 1 N–H and O–H groups in total. The van der Waals surface area contributed by atoms with E-state index in [1.54, 1.807) is 11.1 Å². The number of carbonyl (C=O) groups is 1. The molecule has 2 heterocycles. The van der Waals surface area contributed by atoms with Crippen molar-refractivity contribution >= 4 is 6.09 Å². The van der Waals surface area contributed by atoms with Crippen LogP contribution in [0.15, 0.2) is 18.5 Å². The average Bonchev–Trinajstić information content (AvgIpc) is 3.24. The van der Waals surface area contributed by atoms with Crippen LogP contribution in [0.4, 0.5) is 4.79 Å². The van der Waals surface area contributed by atoms with Crippen LogP contribution < -0.4 is 4.74 Å². The van der Waals surface area contributed by atoms with Crippen LogP contribution in [0.1, 0.15) is 45.1 Å². The largest absolute Gasteiger partial charge is 0.490 e. The molecule has 1 unspecified atom stereocenters. The normalized spacial score (nSPS) is 25.8. The lowest BCUT2D eigenvalue weighted by Gasteiger charge is -2.40. The number of hydrogen-bond donors (Lipinski definition) is 1. The molecule has 1 amide bonds. The van der Waals surface area contributed by atoms with E-state index in [0.717, 1.165) is 18.4 Å². The van der Waals surface area contributed by atoms with Crippen LogP contribution in [0.3, 0.4) is 0 Å². The summed E-state index contributed by atoms with van der Waals surface area (Å²) in [5.41, 5.74) is 0.633. The maximum atomic E-state index is 12.1. The third-order valence-electron chi connectivity index (χ3n) is 4.53. The minimum Gasteiger partial charge on any atom is -0.490 e. The van der Waals surface area contributed by atoms with Crippen LogP contribution in [0, 0.1) is 5.92 Å². The SMILES string of the molecule is CC(C)(C)OC(=O)N1CC[C@H]1COc1cncc([C@@H]2CC2CO)c1. The van der Waals surface area contributed by atoms with Crippen LogP contribution in [0.25, 0.3) is 0 Å². The van der Waals surface area contributed by atoms with Crippen LogP contribution >= 0.6 is 0 Å². The molecule has 1 saturated heterocycles. The molecule has 0 aromatic carbocycles. The standard InChI is InChI=1S/C18H26N2O4/c1-18(2,3)24-17(22)20-5-4-14(20)11-23-15-6-12(8-19-9-15)16-7-13(16)10-21/h6,8-9,13-14,16,21H,4-5,7,10-11H2,1-3H3/t13?,14-,16-/m0/s1. The number of rotatable bonds is 5. The molecule has 0 bridgehead atoms. The maximum Gasteiger partial charge on any atom is 0.410 e. The molecule has 1 aromatic heterocycles. The second-order valence-electron chi connectivity index (χ2n) is 7.67. The molecule has 1 aliphatic carbocycles. The number of likely N-dealkylation sites (tertiary alicyclic amines) is 1. The zero-order chi connectivity index (χ0) is 17.3. The van der Waals surface area contributed by atoms with E-state index in [-0.39, 0.29) is 18.7 Å². The predicted molar refractivity (Wildman–Crippen MR) is 89.0 cm³/mol. The fraction of sp³-hybridized carbons (Fsp3) is 0.667. The number of nitrogens with zero attached hydrogens (tertiary/aromatic N) is 2. The molecule has 2 aliphatic rings. The highest BCUT2D eigenvalue weighted by atomic mass is 16.6. The number of aliphatic hydroxyl groups is 1. The summed E-state index contributed by atoms with van der Waals surface area (Å²) >= 11 is 0. The van der Waals surface area contributed by atoms with Gasteiger partial charge in [-0.1, -0.05) is 0 Å². The first-order chi connectivity index (χ1) is 11.4. The van der Waals surface area contributed by atoms with Gasteiger partial charge in [-0.3, -0.25) is 4.98 Å². The van der Waals surface area contributed by atoms with Crippen molar-refractivity contribution in [3.05, 3.63) is 24.0 Å². The van der Waals surface area contributed by atoms with Gasteiger partial charge in [0.25, 0.3) is 0 Å². The quantitative estimate of drug-likeness (QED) is 0.896. The van der Waals surface area contributed by atoms with E-state index in [0.29, 0.717) is 30.7 Å². The highest BCUT2D eigenvalue weighted by Gasteiger charge is 2.38. The molecule has 0 radical (unpaired) electrons. The lowest BCUT2D eigenvalue weighted by atomic mass is 10.1. The molecule has 1 saturated carbocycles. The lowest BCUT2D eigenvalue weighted by molar-refractivity contribution is -0.0141. The molecule has 3 rings (SSSR count). The number of carbonyl (C=O) groups excluding carboxylic acids is 1. The Balaban J connectivity index is 1.51. The molecule has 132 valence electrons. The molecule has 3 atom stereocenters. The van der Waals surface area contributed by atoms with Crippen molar-refractivity contribution in [3.8, 4) is 5.75 Å². The van der Waals surface area contributed by atoms with Crippen molar-refractivity contribution in [3.63, 3.8) is 0 Å². The first-order valence-electron chi connectivity index (χ1n) is 8.55. The molecule has 1 aliphatic heterocycles. The van der Waals surface area contributed by atoms with Crippen LogP contribution in [-0.2, 0) is 4.74 Å². The number of amides is 1. The molecule has 2 fully saturated rings. The van der Waals surface area contributed by atoms with E-state index in [1.807, 2.05) is 33.0 Å². The Bertz CT molecular complexity index is 599. The van der Waals surface area contributed by atoms with Gasteiger partial charge in [0, 0.05) is 19.3 Å². The Morgan fingerprint density at radius 1 is 1.42 bits per heavy atom. The first kappa shape index (κ1) is 17.0. The van der Waals surface area contributed by atoms with E-state index in [9.17, 15) is 9.90 Å². The van der Waals surface area contributed by atoms with E-state index in [2.05, 4.69) is 4.98 Å². The highest BCUT2D eigenvalue weighted by molar-refractivity contribution is 5.69. The number of pyridine rings is 1. The summed E-state index contributed by atoms with van der Waals surface area (Å²) in [4.78, 5) is 18.0.